The third-order valence-electron chi connectivity index (χ3n) is 10.3. The van der Waals surface area contributed by atoms with E-state index in [-0.39, 0.29) is 0 Å². The lowest BCUT2D eigenvalue weighted by molar-refractivity contribution is 0.477. The maximum atomic E-state index is 6.52. The van der Waals surface area contributed by atoms with Crippen LogP contribution in [-0.2, 0) is 0 Å². The van der Waals surface area contributed by atoms with Gasteiger partial charge in [-0.15, -0.1) is 0 Å². The van der Waals surface area contributed by atoms with Gasteiger partial charge in [-0.25, -0.2) is 9.97 Å². The SMILES string of the molecule is c1ccc(-c2cccc(Oc3ccc4c5ccc(Oc6cccc(-c7ccccn7)c6)cc5n(-c5ncc(N6c7ccccc7Oc7ccccc76)cn5)c4c3)c2)nc1. The third-order valence-corrected chi connectivity index (χ3v) is 10.3. The molecule has 0 radical (unpaired) electrons. The number of fused-ring (bicyclic) bond motifs is 5. The highest BCUT2D eigenvalue weighted by atomic mass is 16.5. The Labute approximate surface area is 339 Å². The standard InChI is InChI=1S/C50H32N6O3/c1-3-19-48-44(17-1)55(45-18-2-4-20-49(45)59-48)35-31-53-50(54-32-35)56-46-29-38(57-36-13-9-11-33(27-36)42-15-5-7-25-51-42)21-23-40(46)41-24-22-39(30-47(41)56)58-37-14-10-12-34(28-37)43-16-6-8-26-52-43/h1-32H. The van der Waals surface area contributed by atoms with Crippen LogP contribution in [0.4, 0.5) is 17.1 Å². The van der Waals surface area contributed by atoms with Gasteiger partial charge in [0.1, 0.15) is 23.0 Å². The van der Waals surface area contributed by atoms with Gasteiger partial charge in [-0.1, -0.05) is 60.7 Å². The third kappa shape index (κ3) is 6.33. The van der Waals surface area contributed by atoms with Gasteiger partial charge in [0.15, 0.2) is 11.5 Å². The average Bonchev–Trinajstić information content (AvgIpc) is 3.61. The Bertz CT molecular complexity index is 2960. The van der Waals surface area contributed by atoms with E-state index in [4.69, 9.17) is 24.2 Å². The monoisotopic (exact) mass is 764 g/mol. The summed E-state index contributed by atoms with van der Waals surface area (Å²) in [4.78, 5) is 21.2. The maximum Gasteiger partial charge on any atom is 0.234 e. The number of para-hydroxylation sites is 4. The van der Waals surface area contributed by atoms with Crippen LogP contribution in [0.25, 0.3) is 50.3 Å². The predicted octanol–water partition coefficient (Wildman–Crippen LogP) is 12.9. The van der Waals surface area contributed by atoms with Crippen molar-refractivity contribution in [1.29, 1.82) is 0 Å². The number of nitrogens with zero attached hydrogens (tertiary/aromatic N) is 6. The summed E-state index contributed by atoms with van der Waals surface area (Å²) in [6.07, 6.45) is 7.29. The smallest absolute Gasteiger partial charge is 0.234 e. The topological polar surface area (TPSA) is 87.4 Å². The molecule has 0 atom stereocenters. The molecule has 9 nitrogen and oxygen atoms in total. The van der Waals surface area contributed by atoms with Crippen LogP contribution >= 0.6 is 0 Å². The van der Waals surface area contributed by atoms with Crippen molar-refractivity contribution in [2.75, 3.05) is 4.90 Å². The number of rotatable bonds is 8. The molecular weight excluding hydrogens is 733 g/mol. The summed E-state index contributed by atoms with van der Waals surface area (Å²) in [5.74, 6) is 4.74. The van der Waals surface area contributed by atoms with Crippen molar-refractivity contribution in [3.05, 3.63) is 195 Å². The zero-order chi connectivity index (χ0) is 39.1. The number of hydrogen-bond acceptors (Lipinski definition) is 8. The number of benzene rings is 6. The van der Waals surface area contributed by atoms with Crippen molar-refractivity contribution in [2.45, 2.75) is 0 Å². The maximum absolute atomic E-state index is 6.52. The van der Waals surface area contributed by atoms with Gasteiger partial charge in [-0.05, 0) is 97.1 Å². The van der Waals surface area contributed by atoms with E-state index in [0.717, 1.165) is 72.9 Å². The first-order valence-electron chi connectivity index (χ1n) is 19.2. The summed E-state index contributed by atoms with van der Waals surface area (Å²) < 4.78 is 21.4. The molecule has 11 rings (SSSR count). The second-order valence-electron chi connectivity index (χ2n) is 14.0. The Hall–Kier alpha value is -8.30. The minimum absolute atomic E-state index is 0.493. The van der Waals surface area contributed by atoms with Gasteiger partial charge in [-0.3, -0.25) is 14.5 Å². The molecule has 9 heteroatoms. The molecule has 59 heavy (non-hydrogen) atoms. The summed E-state index contributed by atoms with van der Waals surface area (Å²) in [5.41, 5.74) is 8.05. The summed E-state index contributed by atoms with van der Waals surface area (Å²) in [6.45, 7) is 0. The highest BCUT2D eigenvalue weighted by Gasteiger charge is 2.26. The molecule has 6 aromatic carbocycles. The van der Waals surface area contributed by atoms with Gasteiger partial charge in [0.05, 0.1) is 51.9 Å². The molecule has 0 fully saturated rings. The summed E-state index contributed by atoms with van der Waals surface area (Å²) in [7, 11) is 0. The van der Waals surface area contributed by atoms with E-state index < -0.39 is 0 Å². The van der Waals surface area contributed by atoms with Gasteiger partial charge >= 0.3 is 0 Å². The van der Waals surface area contributed by atoms with E-state index in [0.29, 0.717) is 28.9 Å². The first-order chi connectivity index (χ1) is 29.2. The second kappa shape index (κ2) is 14.3. The van der Waals surface area contributed by atoms with Crippen molar-refractivity contribution < 1.29 is 14.2 Å². The van der Waals surface area contributed by atoms with E-state index in [1.54, 1.807) is 12.4 Å². The van der Waals surface area contributed by atoms with Crippen LogP contribution < -0.4 is 19.1 Å². The Balaban J connectivity index is 1.02. The number of aromatic nitrogens is 5. The van der Waals surface area contributed by atoms with Crippen molar-refractivity contribution in [1.82, 2.24) is 24.5 Å². The van der Waals surface area contributed by atoms with Crippen LogP contribution in [0.15, 0.2) is 195 Å². The first-order valence-corrected chi connectivity index (χ1v) is 19.2. The van der Waals surface area contributed by atoms with Gasteiger partial charge in [-0.2, -0.15) is 0 Å². The van der Waals surface area contributed by atoms with E-state index in [1.165, 1.54) is 0 Å². The van der Waals surface area contributed by atoms with Crippen molar-refractivity contribution in [3.63, 3.8) is 0 Å². The predicted molar refractivity (Wildman–Crippen MR) is 231 cm³/mol. The van der Waals surface area contributed by atoms with Crippen molar-refractivity contribution in [2.24, 2.45) is 0 Å². The molecule has 0 aliphatic carbocycles. The fraction of sp³-hybridized carbons (Fsp3) is 0. The Morgan fingerprint density at radius 3 is 1.42 bits per heavy atom. The van der Waals surface area contributed by atoms with E-state index in [1.807, 2.05) is 170 Å². The van der Waals surface area contributed by atoms with E-state index >= 15 is 0 Å². The molecule has 0 saturated carbocycles. The molecule has 0 bridgehead atoms. The molecule has 1 aliphatic heterocycles. The van der Waals surface area contributed by atoms with E-state index in [2.05, 4.69) is 31.6 Å². The summed E-state index contributed by atoms with van der Waals surface area (Å²) in [5, 5.41) is 2.03. The fourth-order valence-electron chi connectivity index (χ4n) is 7.63. The minimum Gasteiger partial charge on any atom is -0.457 e. The highest BCUT2D eigenvalue weighted by molar-refractivity contribution is 6.09. The second-order valence-corrected chi connectivity index (χ2v) is 14.0. The number of anilines is 3. The fourth-order valence-corrected chi connectivity index (χ4v) is 7.63. The zero-order valence-corrected chi connectivity index (χ0v) is 31.4. The number of hydrogen-bond donors (Lipinski definition) is 0. The molecule has 5 heterocycles. The molecule has 1 aliphatic rings. The quantitative estimate of drug-likeness (QED) is 0.151. The molecular formula is C50H32N6O3. The zero-order valence-electron chi connectivity index (χ0n) is 31.4. The van der Waals surface area contributed by atoms with Crippen molar-refractivity contribution >= 4 is 38.9 Å². The largest absolute Gasteiger partial charge is 0.457 e. The molecule has 280 valence electrons. The Morgan fingerprint density at radius 1 is 0.424 bits per heavy atom. The lowest BCUT2D eigenvalue weighted by Gasteiger charge is -2.32. The number of pyridine rings is 2. The van der Waals surface area contributed by atoms with E-state index in [9.17, 15) is 0 Å². The summed E-state index contributed by atoms with van der Waals surface area (Å²) in [6, 6.07) is 55.8. The first kappa shape index (κ1) is 34.0. The molecule has 0 unspecified atom stereocenters. The van der Waals surface area contributed by atoms with Crippen LogP contribution in [0.3, 0.4) is 0 Å². The van der Waals surface area contributed by atoms with Gasteiger partial charge in [0.25, 0.3) is 0 Å². The van der Waals surface area contributed by atoms with Crippen LogP contribution in [-0.4, -0.2) is 24.5 Å². The van der Waals surface area contributed by atoms with Crippen LogP contribution in [0.1, 0.15) is 0 Å². The van der Waals surface area contributed by atoms with Crippen LogP contribution in [0.5, 0.6) is 34.5 Å². The molecule has 0 amide bonds. The van der Waals surface area contributed by atoms with Crippen molar-refractivity contribution in [3.8, 4) is 63.0 Å². The lowest BCUT2D eigenvalue weighted by Crippen LogP contribution is -2.16. The Morgan fingerprint density at radius 2 is 0.915 bits per heavy atom. The molecule has 4 aromatic heterocycles. The lowest BCUT2D eigenvalue weighted by atomic mass is 10.1. The van der Waals surface area contributed by atoms with Gasteiger partial charge in [0, 0.05) is 46.4 Å². The number of ether oxygens (including phenoxy) is 3. The van der Waals surface area contributed by atoms with Crippen LogP contribution in [0, 0.1) is 0 Å². The molecule has 0 N–H and O–H groups in total. The summed E-state index contributed by atoms with van der Waals surface area (Å²) >= 11 is 0. The normalized spacial score (nSPS) is 11.8. The minimum atomic E-state index is 0.493. The molecule has 0 spiro atoms. The average molecular weight is 765 g/mol. The molecule has 10 aromatic rings. The van der Waals surface area contributed by atoms with Crippen LogP contribution in [0.2, 0.25) is 0 Å². The highest BCUT2D eigenvalue weighted by Crippen LogP contribution is 2.50. The van der Waals surface area contributed by atoms with Gasteiger partial charge in [0.2, 0.25) is 5.95 Å². The molecule has 0 saturated heterocycles. The Kier molecular flexibility index (Phi) is 8.25. The van der Waals surface area contributed by atoms with Gasteiger partial charge < -0.3 is 19.1 Å².